The van der Waals surface area contributed by atoms with E-state index in [-0.39, 0.29) is 35.9 Å². The summed E-state index contributed by atoms with van der Waals surface area (Å²) in [4.78, 5) is 43.6. The van der Waals surface area contributed by atoms with Crippen LogP contribution in [0.1, 0.15) is 72.3 Å². The Bertz CT molecular complexity index is 1250. The minimum absolute atomic E-state index is 0.0741. The van der Waals surface area contributed by atoms with E-state index in [0.717, 1.165) is 35.7 Å². The number of aromatic amines is 1. The third kappa shape index (κ3) is 3.70. The van der Waals surface area contributed by atoms with Gasteiger partial charge in [0, 0.05) is 41.8 Å². The maximum absolute atomic E-state index is 14.3. The Morgan fingerprint density at radius 2 is 1.95 bits per heavy atom. The summed E-state index contributed by atoms with van der Waals surface area (Å²) in [7, 11) is 0. The molecule has 8 nitrogen and oxygen atoms in total. The zero-order valence-electron chi connectivity index (χ0n) is 22.6. The summed E-state index contributed by atoms with van der Waals surface area (Å²) in [5.41, 5.74) is 0.237. The van der Waals surface area contributed by atoms with E-state index < -0.39 is 28.1 Å². The van der Waals surface area contributed by atoms with E-state index in [4.69, 9.17) is 4.74 Å². The lowest BCUT2D eigenvalue weighted by Gasteiger charge is -2.40. The van der Waals surface area contributed by atoms with Gasteiger partial charge in [0.05, 0.1) is 6.54 Å². The molecule has 1 aromatic heterocycles. The van der Waals surface area contributed by atoms with Gasteiger partial charge in [0.2, 0.25) is 0 Å². The van der Waals surface area contributed by atoms with E-state index in [0.29, 0.717) is 18.8 Å². The number of hydrogen-bond acceptors (Lipinski definition) is 4. The number of carbonyl (C=O) groups is 3. The standard InChI is InChI=1S/C29H39N3O5/c1-18-9-8-14-32(18,26(35)36)24(33)29(5,16-19-17-30-22-11-7-6-10-21(19)22)31-25(34)37-23-15-20-12-13-28(23,4)27(20,2)3/h6-7,10-11,17-18,20,23,30H,8-9,12-16H2,1-5H3,(H-,31,34,35,36)/p+1/t18-,20?,23?,28?,29-,32?/m1/s1. The fourth-order valence-corrected chi connectivity index (χ4v) is 7.71. The monoisotopic (exact) mass is 510 g/mol. The van der Waals surface area contributed by atoms with Gasteiger partial charge in [-0.15, -0.1) is 0 Å². The van der Waals surface area contributed by atoms with Gasteiger partial charge in [-0.25, -0.2) is 9.59 Å². The molecule has 4 unspecified atom stereocenters. The minimum Gasteiger partial charge on any atom is -0.446 e. The van der Waals surface area contributed by atoms with E-state index in [1.54, 1.807) is 6.92 Å². The highest BCUT2D eigenvalue weighted by Gasteiger charge is 2.64. The van der Waals surface area contributed by atoms with Gasteiger partial charge in [-0.2, -0.15) is 9.28 Å². The topological polar surface area (TPSA) is 108 Å². The summed E-state index contributed by atoms with van der Waals surface area (Å²) in [5.74, 6) is -0.00691. The van der Waals surface area contributed by atoms with E-state index >= 15 is 0 Å². The number of quaternary nitrogens is 1. The number of hydrogen-bond donors (Lipinski definition) is 3. The molecule has 200 valence electrons. The lowest BCUT2D eigenvalue weighted by molar-refractivity contribution is -0.794. The first-order valence-corrected chi connectivity index (χ1v) is 13.6. The maximum atomic E-state index is 14.3. The highest BCUT2D eigenvalue weighted by molar-refractivity contribution is 5.92. The van der Waals surface area contributed by atoms with Crippen molar-refractivity contribution in [3.05, 3.63) is 36.0 Å². The number of amides is 3. The predicted octanol–water partition coefficient (Wildman–Crippen LogP) is 5.61. The van der Waals surface area contributed by atoms with Gasteiger partial charge in [-0.1, -0.05) is 39.0 Å². The second-order valence-electron chi connectivity index (χ2n) is 12.7. The van der Waals surface area contributed by atoms with Gasteiger partial charge in [-0.05, 0) is 56.1 Å². The molecule has 5 rings (SSSR count). The number of carboxylic acid groups (broad SMARTS) is 1. The molecule has 2 aliphatic carbocycles. The van der Waals surface area contributed by atoms with Gasteiger partial charge < -0.3 is 20.1 Å². The van der Waals surface area contributed by atoms with E-state index in [2.05, 4.69) is 31.1 Å². The molecule has 1 aliphatic heterocycles. The first-order chi connectivity index (χ1) is 17.3. The molecule has 6 atom stereocenters. The molecule has 1 aromatic carbocycles. The number of imide groups is 1. The van der Waals surface area contributed by atoms with Crippen molar-refractivity contribution in [1.82, 2.24) is 10.3 Å². The van der Waals surface area contributed by atoms with E-state index in [1.807, 2.05) is 37.4 Å². The van der Waals surface area contributed by atoms with Gasteiger partial charge in [0.15, 0.2) is 5.54 Å². The summed E-state index contributed by atoms with van der Waals surface area (Å²) in [6.07, 6.45) is 4.17. The van der Waals surface area contributed by atoms with Crippen LogP contribution < -0.4 is 5.32 Å². The van der Waals surface area contributed by atoms with E-state index in [9.17, 15) is 19.5 Å². The van der Waals surface area contributed by atoms with Crippen molar-refractivity contribution >= 4 is 29.0 Å². The second kappa shape index (κ2) is 8.58. The minimum atomic E-state index is -1.48. The average molecular weight is 511 g/mol. The van der Waals surface area contributed by atoms with Gasteiger partial charge in [-0.3, -0.25) is 0 Å². The highest BCUT2D eigenvalue weighted by atomic mass is 16.6. The van der Waals surface area contributed by atoms with Crippen molar-refractivity contribution in [3.8, 4) is 0 Å². The summed E-state index contributed by atoms with van der Waals surface area (Å²) in [6, 6.07) is 7.38. The van der Waals surface area contributed by atoms with Crippen LogP contribution in [0.4, 0.5) is 9.59 Å². The number of aromatic nitrogens is 1. The summed E-state index contributed by atoms with van der Waals surface area (Å²) < 4.78 is 5.37. The van der Waals surface area contributed by atoms with Gasteiger partial charge >= 0.3 is 18.1 Å². The van der Waals surface area contributed by atoms with Crippen molar-refractivity contribution < 1.29 is 28.7 Å². The van der Waals surface area contributed by atoms with Crippen LogP contribution in [0.25, 0.3) is 10.9 Å². The number of nitrogens with zero attached hydrogens (tertiary/aromatic N) is 1. The first-order valence-electron chi connectivity index (χ1n) is 13.6. The van der Waals surface area contributed by atoms with Crippen LogP contribution in [0.2, 0.25) is 0 Å². The van der Waals surface area contributed by atoms with Crippen LogP contribution in [-0.2, 0) is 16.0 Å². The zero-order chi connectivity index (χ0) is 26.8. The smallest absolute Gasteiger partial charge is 0.446 e. The Labute approximate surface area is 218 Å². The molecular formula is C29H40N3O5+. The van der Waals surface area contributed by atoms with Crippen LogP contribution in [0.15, 0.2) is 30.5 Å². The number of para-hydroxylation sites is 1. The largest absolute Gasteiger partial charge is 0.521 e. The molecule has 2 heterocycles. The van der Waals surface area contributed by atoms with Crippen LogP contribution in [-0.4, -0.2) is 56.9 Å². The fraction of sp³-hybridized carbons (Fsp3) is 0.621. The van der Waals surface area contributed by atoms with Crippen molar-refractivity contribution in [2.45, 2.75) is 90.8 Å². The number of alkyl carbamates (subject to hydrolysis) is 1. The summed E-state index contributed by atoms with van der Waals surface area (Å²) in [5, 5.41) is 14.1. The molecule has 3 N–H and O–H groups in total. The predicted molar refractivity (Wildman–Crippen MR) is 140 cm³/mol. The molecule has 2 aromatic rings. The molecule has 37 heavy (non-hydrogen) atoms. The Hall–Kier alpha value is -2.87. The lowest BCUT2D eigenvalue weighted by atomic mass is 9.70. The number of ether oxygens (including phenoxy) is 1. The Kier molecular flexibility index (Phi) is 5.98. The third-order valence-corrected chi connectivity index (χ3v) is 10.6. The fourth-order valence-electron chi connectivity index (χ4n) is 7.71. The molecule has 0 spiro atoms. The number of rotatable bonds is 5. The van der Waals surface area contributed by atoms with Crippen LogP contribution in [0, 0.1) is 16.7 Å². The average Bonchev–Trinajstić information content (AvgIpc) is 3.53. The number of carbonyl (C=O) groups excluding carboxylic acids is 2. The normalized spacial score (nSPS) is 33.8. The highest BCUT2D eigenvalue weighted by Crippen LogP contribution is 2.66. The third-order valence-electron chi connectivity index (χ3n) is 10.6. The van der Waals surface area contributed by atoms with Crippen molar-refractivity contribution in [3.63, 3.8) is 0 Å². The van der Waals surface area contributed by atoms with Crippen molar-refractivity contribution in [1.29, 1.82) is 0 Å². The van der Waals surface area contributed by atoms with Gasteiger partial charge in [0.25, 0.3) is 0 Å². The SMILES string of the molecule is C[C@@H]1CCC[N+]1(C(=O)O)C(=O)[C@@](C)(Cc1c[nH]c2ccccc12)NC(=O)OC1CC2CCC1(C)C2(C)C. The molecule has 3 aliphatic rings. The molecule has 2 saturated carbocycles. The number of likely N-dealkylation sites (tertiary alicyclic amines) is 1. The molecule has 8 heteroatoms. The van der Waals surface area contributed by atoms with E-state index in [1.165, 1.54) is 0 Å². The summed E-state index contributed by atoms with van der Waals surface area (Å²) in [6.45, 7) is 10.4. The molecular weight excluding hydrogens is 470 g/mol. The quantitative estimate of drug-likeness (QED) is 0.453. The van der Waals surface area contributed by atoms with Crippen molar-refractivity contribution in [2.75, 3.05) is 6.54 Å². The maximum Gasteiger partial charge on any atom is 0.521 e. The van der Waals surface area contributed by atoms with Gasteiger partial charge in [0.1, 0.15) is 12.1 Å². The number of H-pyrrole nitrogens is 1. The van der Waals surface area contributed by atoms with Crippen LogP contribution >= 0.6 is 0 Å². The van der Waals surface area contributed by atoms with Crippen LogP contribution in [0.5, 0.6) is 0 Å². The summed E-state index contributed by atoms with van der Waals surface area (Å²) >= 11 is 0. The Balaban J connectivity index is 1.47. The second-order valence-corrected chi connectivity index (χ2v) is 12.7. The number of benzene rings is 1. The molecule has 1 saturated heterocycles. The molecule has 2 bridgehead atoms. The van der Waals surface area contributed by atoms with Crippen molar-refractivity contribution in [2.24, 2.45) is 16.7 Å². The number of nitrogens with one attached hydrogen (secondary N) is 2. The van der Waals surface area contributed by atoms with Crippen LogP contribution in [0.3, 0.4) is 0 Å². The molecule has 0 radical (unpaired) electrons. The lowest BCUT2D eigenvalue weighted by Crippen LogP contribution is -2.69. The Morgan fingerprint density at radius 1 is 1.22 bits per heavy atom. The molecule has 3 amide bonds. The molecule has 3 fully saturated rings. The first kappa shape index (κ1) is 25.8. The number of fused-ring (bicyclic) bond motifs is 3. The zero-order valence-corrected chi connectivity index (χ0v) is 22.6. The Morgan fingerprint density at radius 3 is 2.54 bits per heavy atom.